The fourth-order valence-corrected chi connectivity index (χ4v) is 0.529. The van der Waals surface area contributed by atoms with Gasteiger partial charge in [-0.1, -0.05) is 0 Å². The monoisotopic (exact) mass is 113 g/mol. The molecule has 2 amide bonds. The SMILES string of the molecule is C[N+]1(C)C=CNC1=O. The summed E-state index contributed by atoms with van der Waals surface area (Å²) in [4.78, 5) is 10.7. The highest BCUT2D eigenvalue weighted by Crippen LogP contribution is 2.03. The summed E-state index contributed by atoms with van der Waals surface area (Å²) in [5.74, 6) is 0. The van der Waals surface area contributed by atoms with Gasteiger partial charge in [0, 0.05) is 0 Å². The summed E-state index contributed by atoms with van der Waals surface area (Å²) in [6, 6.07) is 0.0185. The van der Waals surface area contributed by atoms with Crippen LogP contribution in [0.25, 0.3) is 0 Å². The molecule has 8 heavy (non-hydrogen) atoms. The van der Waals surface area contributed by atoms with E-state index in [-0.39, 0.29) is 6.03 Å². The lowest BCUT2D eigenvalue weighted by molar-refractivity contribution is -0.748. The first-order valence-electron chi connectivity index (χ1n) is 2.45. The van der Waals surface area contributed by atoms with Crippen LogP contribution in [0.3, 0.4) is 0 Å². The van der Waals surface area contributed by atoms with Gasteiger partial charge in [-0.05, 0) is 0 Å². The Morgan fingerprint density at radius 2 is 2.25 bits per heavy atom. The second-order valence-corrected chi connectivity index (χ2v) is 2.31. The van der Waals surface area contributed by atoms with Crippen molar-refractivity contribution in [1.29, 1.82) is 0 Å². The van der Waals surface area contributed by atoms with Gasteiger partial charge in [0.15, 0.2) is 0 Å². The largest absolute Gasteiger partial charge is 0.424 e. The van der Waals surface area contributed by atoms with Crippen LogP contribution in [0.1, 0.15) is 0 Å². The van der Waals surface area contributed by atoms with Gasteiger partial charge in [-0.25, -0.2) is 9.28 Å². The van der Waals surface area contributed by atoms with Crippen molar-refractivity contribution in [3.63, 3.8) is 0 Å². The molecule has 0 radical (unpaired) electrons. The van der Waals surface area contributed by atoms with Gasteiger partial charge >= 0.3 is 6.03 Å². The predicted molar refractivity (Wildman–Crippen MR) is 29.8 cm³/mol. The molecular formula is C5H9N2O+. The molecular weight excluding hydrogens is 104 g/mol. The molecule has 44 valence electrons. The zero-order valence-corrected chi connectivity index (χ0v) is 5.01. The first-order valence-corrected chi connectivity index (χ1v) is 2.45. The van der Waals surface area contributed by atoms with Gasteiger partial charge in [-0.3, -0.25) is 5.32 Å². The number of nitrogens with one attached hydrogen (secondary N) is 1. The summed E-state index contributed by atoms with van der Waals surface area (Å²) in [6.45, 7) is 0. The van der Waals surface area contributed by atoms with E-state index in [1.54, 1.807) is 12.4 Å². The van der Waals surface area contributed by atoms with Gasteiger partial charge in [-0.2, -0.15) is 0 Å². The summed E-state index contributed by atoms with van der Waals surface area (Å²) < 4.78 is 0.306. The van der Waals surface area contributed by atoms with Crippen molar-refractivity contribution >= 4 is 6.03 Å². The van der Waals surface area contributed by atoms with E-state index in [0.29, 0.717) is 4.48 Å². The molecule has 0 fully saturated rings. The Morgan fingerprint density at radius 1 is 1.62 bits per heavy atom. The summed E-state index contributed by atoms with van der Waals surface area (Å²) in [5, 5.41) is 2.56. The van der Waals surface area contributed by atoms with Crippen molar-refractivity contribution in [1.82, 2.24) is 5.32 Å². The molecule has 0 saturated heterocycles. The molecule has 0 bridgehead atoms. The van der Waals surface area contributed by atoms with Crippen LogP contribution < -0.4 is 5.32 Å². The molecule has 0 aliphatic carbocycles. The smallest absolute Gasteiger partial charge is 0.276 e. The highest BCUT2D eigenvalue weighted by atomic mass is 16.2. The number of hydrogen-bond donors (Lipinski definition) is 1. The number of nitrogens with zero attached hydrogens (tertiary/aromatic N) is 1. The van der Waals surface area contributed by atoms with Crippen LogP contribution in [-0.4, -0.2) is 24.6 Å². The summed E-state index contributed by atoms with van der Waals surface area (Å²) in [7, 11) is 3.64. The third-order valence-corrected chi connectivity index (χ3v) is 1.18. The fourth-order valence-electron chi connectivity index (χ4n) is 0.529. The van der Waals surface area contributed by atoms with Crippen molar-refractivity contribution in [3.05, 3.63) is 12.4 Å². The van der Waals surface area contributed by atoms with Crippen LogP contribution in [0.2, 0.25) is 0 Å². The maximum atomic E-state index is 10.7. The molecule has 0 aromatic rings. The fraction of sp³-hybridized carbons (Fsp3) is 0.400. The van der Waals surface area contributed by atoms with E-state index in [4.69, 9.17) is 0 Å². The maximum absolute atomic E-state index is 10.7. The topological polar surface area (TPSA) is 29.1 Å². The van der Waals surface area contributed by atoms with Gasteiger partial charge in [-0.15, -0.1) is 0 Å². The quantitative estimate of drug-likeness (QED) is 0.448. The maximum Gasteiger partial charge on any atom is 0.424 e. The van der Waals surface area contributed by atoms with Crippen molar-refractivity contribution < 1.29 is 9.28 Å². The number of quaternary nitrogens is 1. The summed E-state index contributed by atoms with van der Waals surface area (Å²) in [5.41, 5.74) is 0. The van der Waals surface area contributed by atoms with Gasteiger partial charge in [0.2, 0.25) is 0 Å². The van der Waals surface area contributed by atoms with Gasteiger partial charge < -0.3 is 0 Å². The first-order chi connectivity index (χ1) is 3.63. The minimum Gasteiger partial charge on any atom is -0.276 e. The van der Waals surface area contributed by atoms with Gasteiger partial charge in [0.25, 0.3) is 0 Å². The van der Waals surface area contributed by atoms with E-state index in [0.717, 1.165) is 0 Å². The minimum absolute atomic E-state index is 0.0185. The minimum atomic E-state index is 0.0185. The highest BCUT2D eigenvalue weighted by Gasteiger charge is 2.27. The molecule has 1 rings (SSSR count). The Hall–Kier alpha value is -0.830. The zero-order valence-electron chi connectivity index (χ0n) is 5.01. The third-order valence-electron chi connectivity index (χ3n) is 1.18. The lowest BCUT2D eigenvalue weighted by atomic mass is 10.7. The Bertz CT molecular complexity index is 149. The standard InChI is InChI=1S/C5H8N2O/c1-7(2)4-3-6-5(7)8/h3-4H,1-2H3/p+1. The molecule has 1 aliphatic heterocycles. The van der Waals surface area contributed by atoms with E-state index in [1.807, 2.05) is 14.1 Å². The van der Waals surface area contributed by atoms with Crippen LogP contribution in [0.5, 0.6) is 0 Å². The molecule has 0 aromatic carbocycles. The van der Waals surface area contributed by atoms with E-state index in [1.165, 1.54) is 0 Å². The lowest BCUT2D eigenvalue weighted by Gasteiger charge is -2.13. The van der Waals surface area contributed by atoms with E-state index < -0.39 is 0 Å². The van der Waals surface area contributed by atoms with E-state index >= 15 is 0 Å². The number of hydrogen-bond acceptors (Lipinski definition) is 1. The van der Waals surface area contributed by atoms with E-state index in [2.05, 4.69) is 5.32 Å². The number of rotatable bonds is 0. The number of urea groups is 1. The van der Waals surface area contributed by atoms with Crippen LogP contribution in [0.4, 0.5) is 4.79 Å². The Morgan fingerprint density at radius 3 is 2.38 bits per heavy atom. The first kappa shape index (κ1) is 5.31. The van der Waals surface area contributed by atoms with Gasteiger partial charge in [0.1, 0.15) is 6.20 Å². The molecule has 0 unspecified atom stereocenters. The predicted octanol–water partition coefficient (Wildman–Crippen LogP) is 0.257. The highest BCUT2D eigenvalue weighted by molar-refractivity contribution is 5.70. The number of carbonyl (C=O) groups excluding carboxylic acids is 1. The normalized spacial score (nSPS) is 23.5. The molecule has 1 aliphatic rings. The molecule has 1 N–H and O–H groups in total. The van der Waals surface area contributed by atoms with Crippen molar-refractivity contribution in [2.75, 3.05) is 14.1 Å². The average molecular weight is 113 g/mol. The average Bonchev–Trinajstić information content (AvgIpc) is 1.86. The Labute approximate surface area is 48.2 Å². The van der Waals surface area contributed by atoms with Crippen molar-refractivity contribution in [2.24, 2.45) is 0 Å². The number of carbonyl (C=O) groups is 1. The van der Waals surface area contributed by atoms with Crippen LogP contribution in [-0.2, 0) is 0 Å². The van der Waals surface area contributed by atoms with Gasteiger partial charge in [0.05, 0.1) is 20.3 Å². The molecule has 0 saturated carbocycles. The summed E-state index contributed by atoms with van der Waals surface area (Å²) in [6.07, 6.45) is 3.45. The van der Waals surface area contributed by atoms with Crippen LogP contribution in [0, 0.1) is 0 Å². The van der Waals surface area contributed by atoms with Crippen LogP contribution >= 0.6 is 0 Å². The molecule has 1 heterocycles. The summed E-state index contributed by atoms with van der Waals surface area (Å²) >= 11 is 0. The zero-order chi connectivity index (χ0) is 6.20. The lowest BCUT2D eigenvalue weighted by Crippen LogP contribution is -2.40. The van der Waals surface area contributed by atoms with Crippen LogP contribution in [0.15, 0.2) is 12.4 Å². The molecule has 3 heteroatoms. The Kier molecular flexibility index (Phi) is 0.877. The second kappa shape index (κ2) is 1.32. The van der Waals surface area contributed by atoms with E-state index in [9.17, 15) is 4.79 Å². The molecule has 0 spiro atoms. The molecule has 0 atom stereocenters. The van der Waals surface area contributed by atoms with Crippen molar-refractivity contribution in [2.45, 2.75) is 0 Å². The molecule has 3 nitrogen and oxygen atoms in total. The second-order valence-electron chi connectivity index (χ2n) is 2.31. The molecule has 0 aromatic heterocycles. The third kappa shape index (κ3) is 0.607. The number of amides is 2. The Balaban J connectivity index is 2.82. The van der Waals surface area contributed by atoms with Crippen molar-refractivity contribution in [3.8, 4) is 0 Å².